The van der Waals surface area contributed by atoms with Gasteiger partial charge < -0.3 is 4.74 Å². The maximum absolute atomic E-state index is 15.1. The van der Waals surface area contributed by atoms with Crippen LogP contribution in [0, 0.1) is 17.5 Å². The van der Waals surface area contributed by atoms with E-state index in [1.165, 1.54) is 12.1 Å². The average molecular weight is 483 g/mol. The van der Waals surface area contributed by atoms with E-state index in [9.17, 15) is 8.78 Å². The van der Waals surface area contributed by atoms with Crippen molar-refractivity contribution in [2.24, 2.45) is 0 Å². The van der Waals surface area contributed by atoms with Gasteiger partial charge in [-0.15, -0.1) is 0 Å². The third-order valence-electron chi connectivity index (χ3n) is 6.15. The first kappa shape index (κ1) is 24.3. The first-order valence-electron chi connectivity index (χ1n) is 11.3. The number of rotatable bonds is 9. The zero-order valence-electron chi connectivity index (χ0n) is 19.0. The second-order valence-corrected chi connectivity index (χ2v) is 8.94. The highest BCUT2D eigenvalue weighted by Crippen LogP contribution is 2.25. The first-order valence-corrected chi connectivity index (χ1v) is 11.7. The van der Waals surface area contributed by atoms with E-state index >= 15 is 4.39 Å². The van der Waals surface area contributed by atoms with Gasteiger partial charge in [-0.25, -0.2) is 13.2 Å². The maximum atomic E-state index is 15.1. The van der Waals surface area contributed by atoms with Crippen molar-refractivity contribution in [1.82, 2.24) is 0 Å². The Morgan fingerprint density at radius 2 is 1.35 bits per heavy atom. The molecule has 0 aliphatic rings. The molecular weight excluding hydrogens is 457 g/mol. The molecule has 176 valence electrons. The van der Waals surface area contributed by atoms with Gasteiger partial charge in [0.05, 0.1) is 6.61 Å². The Labute approximate surface area is 203 Å². The van der Waals surface area contributed by atoms with E-state index in [2.05, 4.69) is 0 Å². The fourth-order valence-corrected chi connectivity index (χ4v) is 4.32. The Kier molecular flexibility index (Phi) is 7.91. The zero-order valence-corrected chi connectivity index (χ0v) is 19.8. The molecule has 0 spiro atoms. The minimum Gasteiger partial charge on any atom is -0.384 e. The monoisotopic (exact) mass is 482 g/mol. The molecule has 1 nitrogen and oxygen atoms in total. The molecule has 0 aromatic heterocycles. The van der Waals surface area contributed by atoms with E-state index in [4.69, 9.17) is 16.3 Å². The molecule has 4 rings (SSSR count). The SMILES string of the molecule is COCCc1cc(F)c(CCc2ccc3c(F)c(CCc4ccc(Cl)cc4)ccc3c2)c(F)c1. The van der Waals surface area contributed by atoms with Crippen LogP contribution < -0.4 is 0 Å². The van der Waals surface area contributed by atoms with Crippen LogP contribution in [0.15, 0.2) is 66.7 Å². The Morgan fingerprint density at radius 3 is 2.06 bits per heavy atom. The number of hydrogen-bond donors (Lipinski definition) is 0. The van der Waals surface area contributed by atoms with Gasteiger partial charge in [0.25, 0.3) is 0 Å². The molecule has 34 heavy (non-hydrogen) atoms. The molecule has 4 aromatic rings. The molecule has 0 saturated carbocycles. The predicted molar refractivity (Wildman–Crippen MR) is 132 cm³/mol. The molecule has 0 fully saturated rings. The van der Waals surface area contributed by atoms with Crippen molar-refractivity contribution in [2.45, 2.75) is 32.1 Å². The topological polar surface area (TPSA) is 9.23 Å². The lowest BCUT2D eigenvalue weighted by Crippen LogP contribution is -2.03. The van der Waals surface area contributed by atoms with E-state index in [0.717, 1.165) is 22.9 Å². The fourth-order valence-electron chi connectivity index (χ4n) is 4.19. The fraction of sp³-hybridized carbons (Fsp3) is 0.241. The van der Waals surface area contributed by atoms with Gasteiger partial charge in [-0.2, -0.15) is 0 Å². The van der Waals surface area contributed by atoms with E-state index in [-0.39, 0.29) is 17.8 Å². The highest BCUT2D eigenvalue weighted by molar-refractivity contribution is 6.30. The summed E-state index contributed by atoms with van der Waals surface area (Å²) in [6.07, 6.45) is 2.46. The van der Waals surface area contributed by atoms with Gasteiger partial charge >= 0.3 is 0 Å². The number of fused-ring (bicyclic) bond motifs is 1. The summed E-state index contributed by atoms with van der Waals surface area (Å²) in [5, 5.41) is 2.01. The summed E-state index contributed by atoms with van der Waals surface area (Å²) >= 11 is 5.93. The quantitative estimate of drug-likeness (QED) is 0.238. The smallest absolute Gasteiger partial charge is 0.134 e. The van der Waals surface area contributed by atoms with Crippen LogP contribution in [0.5, 0.6) is 0 Å². The number of hydrogen-bond acceptors (Lipinski definition) is 1. The van der Waals surface area contributed by atoms with Crippen LogP contribution in [0.2, 0.25) is 5.02 Å². The molecule has 0 atom stereocenters. The summed E-state index contributed by atoms with van der Waals surface area (Å²) in [7, 11) is 1.55. The van der Waals surface area contributed by atoms with E-state index < -0.39 is 11.6 Å². The van der Waals surface area contributed by atoms with Gasteiger partial charge in [-0.05, 0) is 84.0 Å². The molecule has 0 aliphatic carbocycles. The van der Waals surface area contributed by atoms with Crippen molar-refractivity contribution in [3.05, 3.63) is 117 Å². The van der Waals surface area contributed by atoms with Crippen LogP contribution in [0.4, 0.5) is 13.2 Å². The van der Waals surface area contributed by atoms with Gasteiger partial charge in [0.2, 0.25) is 0 Å². The molecule has 0 heterocycles. The summed E-state index contributed by atoms with van der Waals surface area (Å²) in [4.78, 5) is 0. The van der Waals surface area contributed by atoms with E-state index in [1.807, 2.05) is 48.5 Å². The second-order valence-electron chi connectivity index (χ2n) is 8.50. The second kappa shape index (κ2) is 11.1. The molecule has 5 heteroatoms. The lowest BCUT2D eigenvalue weighted by atomic mass is 9.97. The molecule has 0 radical (unpaired) electrons. The number of ether oxygens (including phenoxy) is 1. The average Bonchev–Trinajstić information content (AvgIpc) is 2.83. The Hall–Kier alpha value is -2.82. The maximum Gasteiger partial charge on any atom is 0.134 e. The van der Waals surface area contributed by atoms with Crippen molar-refractivity contribution in [3.63, 3.8) is 0 Å². The number of aryl methyl sites for hydroxylation is 3. The lowest BCUT2D eigenvalue weighted by molar-refractivity contribution is 0.202. The number of halogens is 4. The van der Waals surface area contributed by atoms with Crippen molar-refractivity contribution in [3.8, 4) is 0 Å². The molecule has 4 aromatic carbocycles. The van der Waals surface area contributed by atoms with Crippen LogP contribution in [-0.4, -0.2) is 13.7 Å². The third-order valence-corrected chi connectivity index (χ3v) is 6.41. The van der Waals surface area contributed by atoms with Crippen molar-refractivity contribution in [1.29, 1.82) is 0 Å². The first-order chi connectivity index (χ1) is 16.4. The van der Waals surface area contributed by atoms with Gasteiger partial charge in [-0.3, -0.25) is 0 Å². The lowest BCUT2D eigenvalue weighted by Gasteiger charge is -2.10. The standard InChI is InChI=1S/C29H26ClF3O/c1-34-15-14-21-17-27(31)26(28(32)18-21)13-6-20-5-12-25-23(16-20)9-8-22(29(25)33)7-2-19-3-10-24(30)11-4-19/h3-5,8-12,16-18H,2,6-7,13-15H2,1H3. The summed E-state index contributed by atoms with van der Waals surface area (Å²) in [5.74, 6) is -1.30. The molecule has 0 N–H and O–H groups in total. The van der Waals surface area contributed by atoms with Crippen LogP contribution in [0.3, 0.4) is 0 Å². The molecule has 0 aliphatic heterocycles. The van der Waals surface area contributed by atoms with E-state index in [1.54, 1.807) is 13.2 Å². The highest BCUT2D eigenvalue weighted by Gasteiger charge is 2.13. The molecule has 0 amide bonds. The summed E-state index contributed by atoms with van der Waals surface area (Å²) < 4.78 is 49.0. The third kappa shape index (κ3) is 5.81. The van der Waals surface area contributed by atoms with Crippen molar-refractivity contribution in [2.75, 3.05) is 13.7 Å². The molecule has 0 bridgehead atoms. The summed E-state index contributed by atoms with van der Waals surface area (Å²) in [5.41, 5.74) is 3.32. The predicted octanol–water partition coefficient (Wildman–Crippen LogP) is 7.67. The van der Waals surface area contributed by atoms with Crippen molar-refractivity contribution >= 4 is 22.4 Å². The largest absolute Gasteiger partial charge is 0.384 e. The van der Waals surface area contributed by atoms with Gasteiger partial charge in [-0.1, -0.05) is 54.1 Å². The molecular formula is C29H26ClF3O. The summed E-state index contributed by atoms with van der Waals surface area (Å²) in [6.45, 7) is 0.411. The number of methoxy groups -OCH3 is 1. The Morgan fingerprint density at radius 1 is 0.676 bits per heavy atom. The van der Waals surface area contributed by atoms with Crippen molar-refractivity contribution < 1.29 is 17.9 Å². The van der Waals surface area contributed by atoms with E-state index in [0.29, 0.717) is 47.4 Å². The normalized spacial score (nSPS) is 11.3. The van der Waals surface area contributed by atoms with Crippen LogP contribution in [-0.2, 0) is 36.8 Å². The molecule has 0 saturated heterocycles. The minimum atomic E-state index is -0.539. The zero-order chi connectivity index (χ0) is 24.1. The number of benzene rings is 4. The highest BCUT2D eigenvalue weighted by atomic mass is 35.5. The Bertz CT molecular complexity index is 1260. The minimum absolute atomic E-state index is 0.0741. The Balaban J connectivity index is 1.45. The van der Waals surface area contributed by atoms with Gasteiger partial charge in [0.1, 0.15) is 17.5 Å². The molecule has 0 unspecified atom stereocenters. The van der Waals surface area contributed by atoms with Gasteiger partial charge in [0.15, 0.2) is 0 Å². The van der Waals surface area contributed by atoms with Crippen LogP contribution in [0.1, 0.15) is 27.8 Å². The van der Waals surface area contributed by atoms with Gasteiger partial charge in [0, 0.05) is 23.1 Å². The van der Waals surface area contributed by atoms with Crippen LogP contribution in [0.25, 0.3) is 10.8 Å². The summed E-state index contributed by atoms with van der Waals surface area (Å²) in [6, 6.07) is 19.5. The van der Waals surface area contributed by atoms with Crippen LogP contribution >= 0.6 is 11.6 Å².